The molecular weight excluding hydrogens is 465 g/mol. The topological polar surface area (TPSA) is 72.7 Å². The van der Waals surface area contributed by atoms with Crippen LogP contribution in [0.25, 0.3) is 17.1 Å². The van der Waals surface area contributed by atoms with Gasteiger partial charge in [0.1, 0.15) is 0 Å². The molecule has 1 N–H and O–H groups in total. The Morgan fingerprint density at radius 1 is 0.969 bits per heavy atom. The molecule has 0 aliphatic carbocycles. The number of nitrogens with zero attached hydrogens (tertiary/aromatic N) is 4. The number of aromatic nitrogens is 4. The summed E-state index contributed by atoms with van der Waals surface area (Å²) in [5.41, 5.74) is 4.11. The molecular formula is C23H19Cl2N5OS. The van der Waals surface area contributed by atoms with Gasteiger partial charge in [-0.2, -0.15) is 0 Å². The van der Waals surface area contributed by atoms with Crippen LogP contribution in [-0.2, 0) is 4.79 Å². The number of thioether (sulfide) groups is 1. The Balaban J connectivity index is 1.64. The molecule has 0 atom stereocenters. The SMILES string of the molecule is Cc1c(Cl)cccc1NC(=O)CSc1nnc(-c2ccncc2)n1-c1cccc(Cl)c1C. The van der Waals surface area contributed by atoms with Crippen LogP contribution in [0.2, 0.25) is 10.0 Å². The number of rotatable bonds is 6. The predicted molar refractivity (Wildman–Crippen MR) is 130 cm³/mol. The molecule has 0 unspecified atom stereocenters. The number of amides is 1. The molecule has 4 rings (SSSR count). The van der Waals surface area contributed by atoms with E-state index < -0.39 is 0 Å². The van der Waals surface area contributed by atoms with Gasteiger partial charge < -0.3 is 5.32 Å². The van der Waals surface area contributed by atoms with Gasteiger partial charge in [0, 0.05) is 33.7 Å². The van der Waals surface area contributed by atoms with Crippen molar-refractivity contribution < 1.29 is 4.79 Å². The lowest BCUT2D eigenvalue weighted by Gasteiger charge is -2.14. The van der Waals surface area contributed by atoms with Crippen LogP contribution in [0.15, 0.2) is 66.1 Å². The summed E-state index contributed by atoms with van der Waals surface area (Å²) in [5.74, 6) is 0.634. The van der Waals surface area contributed by atoms with Crippen molar-refractivity contribution in [1.82, 2.24) is 19.7 Å². The van der Waals surface area contributed by atoms with Gasteiger partial charge in [-0.25, -0.2) is 0 Å². The highest BCUT2D eigenvalue weighted by Crippen LogP contribution is 2.31. The number of halogens is 2. The van der Waals surface area contributed by atoms with E-state index in [1.807, 2.05) is 54.8 Å². The van der Waals surface area contributed by atoms with Crippen LogP contribution in [-0.4, -0.2) is 31.4 Å². The molecule has 162 valence electrons. The summed E-state index contributed by atoms with van der Waals surface area (Å²) in [4.78, 5) is 16.7. The monoisotopic (exact) mass is 483 g/mol. The minimum atomic E-state index is -0.164. The van der Waals surface area contributed by atoms with Gasteiger partial charge >= 0.3 is 0 Å². The van der Waals surface area contributed by atoms with E-state index in [4.69, 9.17) is 23.2 Å². The van der Waals surface area contributed by atoms with E-state index in [0.29, 0.717) is 26.7 Å². The number of carbonyl (C=O) groups is 1. The van der Waals surface area contributed by atoms with E-state index in [2.05, 4.69) is 20.5 Å². The van der Waals surface area contributed by atoms with Gasteiger partial charge in [-0.15, -0.1) is 10.2 Å². The van der Waals surface area contributed by atoms with Crippen LogP contribution in [0.3, 0.4) is 0 Å². The van der Waals surface area contributed by atoms with E-state index in [9.17, 15) is 4.79 Å². The van der Waals surface area contributed by atoms with E-state index in [-0.39, 0.29) is 11.7 Å². The lowest BCUT2D eigenvalue weighted by atomic mass is 10.2. The maximum atomic E-state index is 12.6. The fourth-order valence-corrected chi connectivity index (χ4v) is 4.26. The van der Waals surface area contributed by atoms with E-state index in [1.165, 1.54) is 11.8 Å². The first-order valence-corrected chi connectivity index (χ1v) is 11.5. The van der Waals surface area contributed by atoms with Gasteiger partial charge in [0.15, 0.2) is 11.0 Å². The quantitative estimate of drug-likeness (QED) is 0.341. The lowest BCUT2D eigenvalue weighted by Crippen LogP contribution is -2.15. The average molecular weight is 484 g/mol. The second kappa shape index (κ2) is 9.73. The normalized spacial score (nSPS) is 10.9. The summed E-state index contributed by atoms with van der Waals surface area (Å²) in [6.45, 7) is 3.81. The zero-order chi connectivity index (χ0) is 22.7. The third-order valence-corrected chi connectivity index (χ3v) is 6.67. The van der Waals surface area contributed by atoms with Gasteiger partial charge in [0.2, 0.25) is 5.91 Å². The van der Waals surface area contributed by atoms with Crippen LogP contribution < -0.4 is 5.32 Å². The van der Waals surface area contributed by atoms with E-state index >= 15 is 0 Å². The highest BCUT2D eigenvalue weighted by molar-refractivity contribution is 7.99. The molecule has 32 heavy (non-hydrogen) atoms. The summed E-state index contributed by atoms with van der Waals surface area (Å²) in [5, 5.41) is 13.5. The highest BCUT2D eigenvalue weighted by atomic mass is 35.5. The van der Waals surface area contributed by atoms with Gasteiger partial charge in [0.25, 0.3) is 0 Å². The van der Waals surface area contributed by atoms with Crippen molar-refractivity contribution in [1.29, 1.82) is 0 Å². The number of anilines is 1. The lowest BCUT2D eigenvalue weighted by molar-refractivity contribution is -0.113. The number of hydrogen-bond acceptors (Lipinski definition) is 5. The Bertz CT molecular complexity index is 1280. The molecule has 0 fully saturated rings. The summed E-state index contributed by atoms with van der Waals surface area (Å²) in [7, 11) is 0. The predicted octanol–water partition coefficient (Wildman–Crippen LogP) is 5.98. The Morgan fingerprint density at radius 2 is 1.66 bits per heavy atom. The van der Waals surface area contributed by atoms with Crippen molar-refractivity contribution in [2.24, 2.45) is 0 Å². The molecule has 0 spiro atoms. The van der Waals surface area contributed by atoms with Crippen LogP contribution in [0.5, 0.6) is 0 Å². The van der Waals surface area contributed by atoms with Gasteiger partial charge in [0.05, 0.1) is 11.4 Å². The molecule has 0 radical (unpaired) electrons. The zero-order valence-corrected chi connectivity index (χ0v) is 19.7. The maximum Gasteiger partial charge on any atom is 0.234 e. The fourth-order valence-electron chi connectivity index (χ4n) is 3.17. The third-order valence-electron chi connectivity index (χ3n) is 4.93. The molecule has 6 nitrogen and oxygen atoms in total. The molecule has 0 saturated heterocycles. The van der Waals surface area contributed by atoms with Crippen molar-refractivity contribution >= 4 is 46.6 Å². The summed E-state index contributed by atoms with van der Waals surface area (Å²) in [6, 6.07) is 14.8. The van der Waals surface area contributed by atoms with Crippen molar-refractivity contribution in [3.63, 3.8) is 0 Å². The van der Waals surface area contributed by atoms with Crippen molar-refractivity contribution in [2.45, 2.75) is 19.0 Å². The Kier molecular flexibility index (Phi) is 6.79. The Hall–Kier alpha value is -2.87. The van der Waals surface area contributed by atoms with Crippen LogP contribution in [0.1, 0.15) is 11.1 Å². The second-order valence-electron chi connectivity index (χ2n) is 7.01. The largest absolute Gasteiger partial charge is 0.325 e. The number of pyridine rings is 1. The standard InChI is InChI=1S/C23H19Cl2N5OS/c1-14-17(24)5-3-7-19(14)27-21(31)13-32-23-29-28-22(16-9-11-26-12-10-16)30(23)20-8-4-6-18(25)15(20)2/h3-12H,13H2,1-2H3,(H,27,31). The molecule has 0 aliphatic heterocycles. The van der Waals surface area contributed by atoms with Gasteiger partial charge in [-0.05, 0) is 61.4 Å². The molecule has 0 saturated carbocycles. The third kappa shape index (κ3) is 4.65. The van der Waals surface area contributed by atoms with Crippen molar-refractivity contribution in [3.8, 4) is 17.1 Å². The first-order chi connectivity index (χ1) is 15.5. The van der Waals surface area contributed by atoms with Gasteiger partial charge in [-0.3, -0.25) is 14.3 Å². The molecule has 9 heteroatoms. The summed E-state index contributed by atoms with van der Waals surface area (Å²) < 4.78 is 1.92. The number of nitrogens with one attached hydrogen (secondary N) is 1. The van der Waals surface area contributed by atoms with Gasteiger partial charge in [-0.1, -0.05) is 47.1 Å². The van der Waals surface area contributed by atoms with Crippen molar-refractivity contribution in [2.75, 3.05) is 11.1 Å². The number of benzene rings is 2. The van der Waals surface area contributed by atoms with Crippen molar-refractivity contribution in [3.05, 3.63) is 82.1 Å². The molecule has 1 amide bonds. The van der Waals surface area contributed by atoms with Crippen LogP contribution in [0, 0.1) is 13.8 Å². The molecule has 2 aromatic heterocycles. The number of hydrogen-bond donors (Lipinski definition) is 1. The minimum Gasteiger partial charge on any atom is -0.325 e. The first kappa shape index (κ1) is 22.3. The van der Waals surface area contributed by atoms with E-state index in [0.717, 1.165) is 22.4 Å². The smallest absolute Gasteiger partial charge is 0.234 e. The molecule has 0 aliphatic rings. The van der Waals surface area contributed by atoms with Crippen LogP contribution in [0.4, 0.5) is 5.69 Å². The summed E-state index contributed by atoms with van der Waals surface area (Å²) in [6.07, 6.45) is 3.40. The first-order valence-electron chi connectivity index (χ1n) is 9.74. The number of carbonyl (C=O) groups excluding carboxylic acids is 1. The Labute approximate surface area is 200 Å². The zero-order valence-electron chi connectivity index (χ0n) is 17.3. The van der Waals surface area contributed by atoms with E-state index in [1.54, 1.807) is 24.5 Å². The van der Waals surface area contributed by atoms with Crippen LogP contribution >= 0.6 is 35.0 Å². The fraction of sp³-hybridized carbons (Fsp3) is 0.130. The Morgan fingerprint density at radius 3 is 2.41 bits per heavy atom. The second-order valence-corrected chi connectivity index (χ2v) is 8.77. The highest BCUT2D eigenvalue weighted by Gasteiger charge is 2.19. The average Bonchev–Trinajstić information content (AvgIpc) is 3.22. The maximum absolute atomic E-state index is 12.6. The molecule has 2 heterocycles. The molecule has 2 aromatic carbocycles. The molecule has 0 bridgehead atoms. The molecule has 4 aromatic rings. The summed E-state index contributed by atoms with van der Waals surface area (Å²) >= 11 is 13.8. The minimum absolute atomic E-state index is 0.153.